The molecule has 6 N–H and O–H groups in total. The van der Waals surface area contributed by atoms with Crippen LogP contribution in [0.3, 0.4) is 0 Å². The molecule has 0 aliphatic heterocycles. The van der Waals surface area contributed by atoms with Gasteiger partial charge in [-0.15, -0.1) is 0 Å². The number of nitrogens with two attached hydrogens (primary N) is 1. The molecule has 7 heteroatoms. The fraction of sp³-hybridized carbons (Fsp3) is 0.600. The van der Waals surface area contributed by atoms with Crippen LogP contribution >= 0.6 is 0 Å². The van der Waals surface area contributed by atoms with Crippen molar-refractivity contribution in [3.8, 4) is 0 Å². The Morgan fingerprint density at radius 1 is 1.35 bits per heavy atom. The molecule has 0 spiro atoms. The summed E-state index contributed by atoms with van der Waals surface area (Å²) in [5.74, 6) is -1.82. The van der Waals surface area contributed by atoms with Crippen molar-refractivity contribution in [1.82, 2.24) is 10.6 Å². The molecule has 0 radical (unpaired) electrons. The summed E-state index contributed by atoms with van der Waals surface area (Å²) in [5, 5.41) is 22.8. The van der Waals surface area contributed by atoms with Crippen LogP contribution in [0.2, 0.25) is 0 Å². The Morgan fingerprint density at radius 3 is 2.35 bits per heavy atom. The first-order valence-corrected chi connectivity index (χ1v) is 5.24. The molecule has 0 rings (SSSR count). The molecule has 2 atom stereocenters. The standard InChI is InChI=1S/C10H19N3O4/c1-6(9(14)15)13-8(10(16)17)4-3-5-12-7(2)11/h6,8,12-13H,2-5,11H2,1H3,(H,14,15)(H,16,17)/t6-,8-/m1/s1. The van der Waals surface area contributed by atoms with Crippen LogP contribution in [0.25, 0.3) is 0 Å². The maximum absolute atomic E-state index is 10.9. The van der Waals surface area contributed by atoms with E-state index >= 15 is 0 Å². The van der Waals surface area contributed by atoms with Crippen molar-refractivity contribution in [2.45, 2.75) is 31.8 Å². The van der Waals surface area contributed by atoms with E-state index in [0.717, 1.165) is 0 Å². The Balaban J connectivity index is 4.03. The molecule has 7 nitrogen and oxygen atoms in total. The highest BCUT2D eigenvalue weighted by molar-refractivity contribution is 5.77. The minimum atomic E-state index is -1.08. The second kappa shape index (κ2) is 7.50. The summed E-state index contributed by atoms with van der Waals surface area (Å²) in [4.78, 5) is 21.4. The van der Waals surface area contributed by atoms with Crippen LogP contribution in [0.15, 0.2) is 12.4 Å². The van der Waals surface area contributed by atoms with Gasteiger partial charge in [0.25, 0.3) is 0 Å². The zero-order chi connectivity index (χ0) is 13.4. The third kappa shape index (κ3) is 7.18. The van der Waals surface area contributed by atoms with Crippen molar-refractivity contribution in [1.29, 1.82) is 0 Å². The Kier molecular flexibility index (Phi) is 6.73. The SMILES string of the molecule is C=C(N)NCCC[C@@H](N[C@H](C)C(=O)O)C(=O)O. The number of aliphatic carboxylic acids is 2. The molecular formula is C10H19N3O4. The van der Waals surface area contributed by atoms with Gasteiger partial charge >= 0.3 is 11.9 Å². The van der Waals surface area contributed by atoms with Gasteiger partial charge in [-0.1, -0.05) is 6.58 Å². The number of carboxylic acid groups (broad SMARTS) is 2. The van der Waals surface area contributed by atoms with Crippen LogP contribution in [-0.4, -0.2) is 40.8 Å². The van der Waals surface area contributed by atoms with E-state index in [1.807, 2.05) is 0 Å². The lowest BCUT2D eigenvalue weighted by Crippen LogP contribution is -2.45. The van der Waals surface area contributed by atoms with Gasteiger partial charge in [0, 0.05) is 6.54 Å². The first kappa shape index (κ1) is 15.2. The fourth-order valence-corrected chi connectivity index (χ4v) is 1.21. The Labute approximate surface area is 99.7 Å². The van der Waals surface area contributed by atoms with Gasteiger partial charge < -0.3 is 21.3 Å². The first-order valence-electron chi connectivity index (χ1n) is 5.24. The van der Waals surface area contributed by atoms with Crippen LogP contribution in [0, 0.1) is 0 Å². The van der Waals surface area contributed by atoms with Gasteiger partial charge in [-0.05, 0) is 19.8 Å². The largest absolute Gasteiger partial charge is 0.480 e. The van der Waals surface area contributed by atoms with Crippen molar-refractivity contribution in [3.63, 3.8) is 0 Å². The molecule has 0 fully saturated rings. The van der Waals surface area contributed by atoms with E-state index < -0.39 is 24.0 Å². The van der Waals surface area contributed by atoms with Crippen molar-refractivity contribution in [3.05, 3.63) is 12.4 Å². The van der Waals surface area contributed by atoms with Gasteiger partial charge in [-0.2, -0.15) is 0 Å². The summed E-state index contributed by atoms with van der Waals surface area (Å²) in [6.07, 6.45) is 0.861. The summed E-state index contributed by atoms with van der Waals surface area (Å²) in [6.45, 7) is 5.34. The van der Waals surface area contributed by atoms with Gasteiger partial charge in [-0.3, -0.25) is 14.9 Å². The maximum atomic E-state index is 10.9. The minimum absolute atomic E-state index is 0.313. The molecule has 0 saturated carbocycles. The van der Waals surface area contributed by atoms with Gasteiger partial charge in [-0.25, -0.2) is 0 Å². The quantitative estimate of drug-likeness (QED) is 0.340. The van der Waals surface area contributed by atoms with Crippen molar-refractivity contribution in [2.24, 2.45) is 5.73 Å². The molecule has 17 heavy (non-hydrogen) atoms. The van der Waals surface area contributed by atoms with Gasteiger partial charge in [0.15, 0.2) is 0 Å². The summed E-state index contributed by atoms with van der Waals surface area (Å²) in [6, 6.07) is -1.78. The molecule has 0 unspecified atom stereocenters. The minimum Gasteiger partial charge on any atom is -0.480 e. The third-order valence-corrected chi connectivity index (χ3v) is 2.14. The highest BCUT2D eigenvalue weighted by atomic mass is 16.4. The van der Waals surface area contributed by atoms with Crippen LogP contribution in [-0.2, 0) is 9.59 Å². The van der Waals surface area contributed by atoms with Gasteiger partial charge in [0.05, 0.1) is 5.82 Å². The van der Waals surface area contributed by atoms with Crippen LogP contribution < -0.4 is 16.4 Å². The summed E-state index contributed by atoms with van der Waals surface area (Å²) in [5.41, 5.74) is 5.27. The van der Waals surface area contributed by atoms with Crippen LogP contribution in [0.4, 0.5) is 0 Å². The summed E-state index contributed by atoms with van der Waals surface area (Å²) in [7, 11) is 0. The third-order valence-electron chi connectivity index (χ3n) is 2.14. The zero-order valence-electron chi connectivity index (χ0n) is 9.77. The lowest BCUT2D eigenvalue weighted by atomic mass is 10.1. The number of hydrogen-bond acceptors (Lipinski definition) is 5. The molecule has 0 bridgehead atoms. The average molecular weight is 245 g/mol. The predicted molar refractivity (Wildman–Crippen MR) is 62.2 cm³/mol. The van der Waals surface area contributed by atoms with Gasteiger partial charge in [0.1, 0.15) is 12.1 Å². The van der Waals surface area contributed by atoms with E-state index in [0.29, 0.717) is 25.2 Å². The molecule has 0 aliphatic rings. The highest BCUT2D eigenvalue weighted by Crippen LogP contribution is 1.99. The molecule has 0 aromatic heterocycles. The molecule has 0 aromatic carbocycles. The Morgan fingerprint density at radius 2 is 1.94 bits per heavy atom. The van der Waals surface area contributed by atoms with E-state index in [2.05, 4.69) is 17.2 Å². The normalized spacial score (nSPS) is 13.7. The first-order chi connectivity index (χ1) is 7.84. The van der Waals surface area contributed by atoms with E-state index in [-0.39, 0.29) is 0 Å². The van der Waals surface area contributed by atoms with Gasteiger partial charge in [0.2, 0.25) is 0 Å². The van der Waals surface area contributed by atoms with Crippen LogP contribution in [0.1, 0.15) is 19.8 Å². The number of rotatable bonds is 9. The summed E-state index contributed by atoms with van der Waals surface area (Å²) < 4.78 is 0. The van der Waals surface area contributed by atoms with Crippen molar-refractivity contribution < 1.29 is 19.8 Å². The molecule has 0 saturated heterocycles. The molecular weight excluding hydrogens is 226 g/mol. The van der Waals surface area contributed by atoms with E-state index in [1.165, 1.54) is 6.92 Å². The second-order valence-corrected chi connectivity index (χ2v) is 3.71. The zero-order valence-corrected chi connectivity index (χ0v) is 9.77. The molecule has 0 aromatic rings. The lowest BCUT2D eigenvalue weighted by molar-refractivity contribution is -0.142. The number of nitrogens with one attached hydrogen (secondary N) is 2. The van der Waals surface area contributed by atoms with E-state index in [4.69, 9.17) is 15.9 Å². The van der Waals surface area contributed by atoms with E-state index in [1.54, 1.807) is 0 Å². The summed E-state index contributed by atoms with van der Waals surface area (Å²) >= 11 is 0. The molecule has 0 amide bonds. The number of carbonyl (C=O) groups is 2. The number of carboxylic acids is 2. The lowest BCUT2D eigenvalue weighted by Gasteiger charge is -2.17. The predicted octanol–water partition coefficient (Wildman–Crippen LogP) is -0.698. The van der Waals surface area contributed by atoms with Crippen molar-refractivity contribution >= 4 is 11.9 Å². The number of hydrogen-bond donors (Lipinski definition) is 5. The maximum Gasteiger partial charge on any atom is 0.320 e. The molecule has 98 valence electrons. The fourth-order valence-electron chi connectivity index (χ4n) is 1.21. The monoisotopic (exact) mass is 245 g/mol. The van der Waals surface area contributed by atoms with E-state index in [9.17, 15) is 9.59 Å². The molecule has 0 heterocycles. The van der Waals surface area contributed by atoms with Crippen molar-refractivity contribution in [2.75, 3.05) is 6.54 Å². The second-order valence-electron chi connectivity index (χ2n) is 3.71. The smallest absolute Gasteiger partial charge is 0.320 e. The Hall–Kier alpha value is -1.76. The average Bonchev–Trinajstić information content (AvgIpc) is 2.21. The molecule has 0 aliphatic carbocycles. The Bertz CT molecular complexity index is 293. The highest BCUT2D eigenvalue weighted by Gasteiger charge is 2.22. The van der Waals surface area contributed by atoms with Crippen LogP contribution in [0.5, 0.6) is 0 Å². The topological polar surface area (TPSA) is 125 Å².